The minimum absolute atomic E-state index is 0.230. The van der Waals surface area contributed by atoms with E-state index >= 15 is 0 Å². The molecule has 0 radical (unpaired) electrons. The van der Waals surface area contributed by atoms with Gasteiger partial charge in [0.05, 0.1) is 17.6 Å². The highest BCUT2D eigenvalue weighted by Crippen LogP contribution is 2.77. The number of hydrogen-bond donors (Lipinski definition) is 5. The number of aliphatic hydroxyl groups is 5. The van der Waals surface area contributed by atoms with E-state index in [1.54, 1.807) is 0 Å². The Morgan fingerprint density at radius 2 is 1.74 bits per heavy atom. The third-order valence-electron chi connectivity index (χ3n) is 8.93. The number of hydrogen-bond acceptors (Lipinski definition) is 7. The van der Waals surface area contributed by atoms with E-state index in [2.05, 4.69) is 6.58 Å². The van der Waals surface area contributed by atoms with Gasteiger partial charge in [0, 0.05) is 11.8 Å². The highest BCUT2D eigenvalue weighted by molar-refractivity contribution is 6.05. The van der Waals surface area contributed by atoms with Crippen molar-refractivity contribution in [1.82, 2.24) is 0 Å². The van der Waals surface area contributed by atoms with Crippen molar-refractivity contribution in [3.8, 4) is 0 Å². The third kappa shape index (κ3) is 1.52. The summed E-state index contributed by atoms with van der Waals surface area (Å²) in [4.78, 5) is 13.4. The van der Waals surface area contributed by atoms with Crippen LogP contribution in [0.4, 0.5) is 0 Å². The summed E-state index contributed by atoms with van der Waals surface area (Å²) in [6.45, 7) is 7.72. The SMILES string of the molecule is C=C1C(=O)[C@]23[C@H](O)[C@H]1CC[C@H]2[C@@]12C(O)O[C@]3(O)[C@@H](O)[C@@H]1C(C)(C)CC[C@@H]2O. The van der Waals surface area contributed by atoms with E-state index in [1.807, 2.05) is 13.8 Å². The molecule has 27 heavy (non-hydrogen) atoms. The van der Waals surface area contributed by atoms with Crippen LogP contribution in [-0.2, 0) is 9.53 Å². The zero-order valence-corrected chi connectivity index (χ0v) is 15.6. The van der Waals surface area contributed by atoms with Crippen LogP contribution in [-0.4, -0.2) is 61.7 Å². The van der Waals surface area contributed by atoms with Gasteiger partial charge in [0.15, 0.2) is 12.1 Å². The zero-order chi connectivity index (χ0) is 19.7. The molecule has 0 aromatic rings. The Morgan fingerprint density at radius 1 is 1.07 bits per heavy atom. The lowest BCUT2D eigenvalue weighted by Crippen LogP contribution is -2.87. The van der Waals surface area contributed by atoms with Crippen LogP contribution >= 0.6 is 0 Å². The molecule has 0 aromatic carbocycles. The summed E-state index contributed by atoms with van der Waals surface area (Å²) in [7, 11) is 0. The fourth-order valence-electron chi connectivity index (χ4n) is 7.96. The maximum atomic E-state index is 13.4. The first-order chi connectivity index (χ1) is 12.5. The molecule has 4 bridgehead atoms. The summed E-state index contributed by atoms with van der Waals surface area (Å²) in [6.07, 6.45) is -3.43. The van der Waals surface area contributed by atoms with E-state index in [0.29, 0.717) is 25.7 Å². The molecule has 1 unspecified atom stereocenters. The van der Waals surface area contributed by atoms with Crippen LogP contribution in [0.3, 0.4) is 0 Å². The smallest absolute Gasteiger partial charge is 0.211 e. The van der Waals surface area contributed by atoms with E-state index in [9.17, 15) is 30.3 Å². The van der Waals surface area contributed by atoms with Crippen LogP contribution in [0.25, 0.3) is 0 Å². The fraction of sp³-hybridized carbons (Fsp3) is 0.850. The van der Waals surface area contributed by atoms with Crippen molar-refractivity contribution < 1.29 is 35.1 Å². The average Bonchev–Trinajstić information content (AvgIpc) is 2.70. The first-order valence-corrected chi connectivity index (χ1v) is 9.85. The second kappa shape index (κ2) is 4.83. The Balaban J connectivity index is 1.84. The molecular weight excluding hydrogens is 352 g/mol. The molecule has 2 aliphatic heterocycles. The van der Waals surface area contributed by atoms with Crippen LogP contribution in [0.15, 0.2) is 12.2 Å². The van der Waals surface area contributed by atoms with Crippen molar-refractivity contribution in [2.75, 3.05) is 0 Å². The van der Waals surface area contributed by atoms with Crippen molar-refractivity contribution in [1.29, 1.82) is 0 Å². The van der Waals surface area contributed by atoms with E-state index in [-0.39, 0.29) is 5.57 Å². The van der Waals surface area contributed by atoms with Gasteiger partial charge in [-0.2, -0.15) is 0 Å². The molecule has 2 heterocycles. The maximum absolute atomic E-state index is 13.4. The van der Waals surface area contributed by atoms with E-state index in [1.165, 1.54) is 0 Å². The van der Waals surface area contributed by atoms with E-state index in [0.717, 1.165) is 0 Å². The molecule has 7 heteroatoms. The van der Waals surface area contributed by atoms with Crippen molar-refractivity contribution in [2.24, 2.45) is 34.0 Å². The summed E-state index contributed by atoms with van der Waals surface area (Å²) < 4.78 is 5.57. The highest BCUT2D eigenvalue weighted by atomic mass is 16.7. The molecular formula is C20H28O7. The van der Waals surface area contributed by atoms with Crippen LogP contribution in [0.2, 0.25) is 0 Å². The predicted octanol–water partition coefficient (Wildman–Crippen LogP) is -0.306. The van der Waals surface area contributed by atoms with E-state index < -0.39 is 70.2 Å². The molecule has 2 spiro atoms. The van der Waals surface area contributed by atoms with Gasteiger partial charge in [-0.15, -0.1) is 0 Å². The molecule has 4 aliphatic carbocycles. The van der Waals surface area contributed by atoms with Gasteiger partial charge in [0.1, 0.15) is 11.5 Å². The standard InChI is InChI=1S/C20H28O7/c1-8-9-4-5-10-18-11(21)6-7-17(2,3)12(18)15(24)20(26,27-16(18)25)19(10,13(8)22)14(9)23/h9-12,14-16,21,23-26H,1,4-7H2,2-3H3/t9-,10-,11-,12+,14+,15-,16?,18-,19-,20+/m0/s1. The molecule has 0 aromatic heterocycles. The lowest BCUT2D eigenvalue weighted by atomic mass is 9.35. The second-order valence-electron chi connectivity index (χ2n) is 10.0. The lowest BCUT2D eigenvalue weighted by Gasteiger charge is -2.75. The minimum Gasteiger partial charge on any atom is -0.392 e. The van der Waals surface area contributed by atoms with Crippen molar-refractivity contribution in [3.05, 3.63) is 12.2 Å². The first-order valence-electron chi connectivity index (χ1n) is 9.85. The molecule has 7 nitrogen and oxygen atoms in total. The highest BCUT2D eigenvalue weighted by Gasteiger charge is 2.88. The number of ketones is 1. The van der Waals surface area contributed by atoms with Gasteiger partial charge in [0.2, 0.25) is 5.79 Å². The van der Waals surface area contributed by atoms with Gasteiger partial charge < -0.3 is 30.3 Å². The molecule has 2 saturated heterocycles. The Kier molecular flexibility index (Phi) is 3.26. The van der Waals surface area contributed by atoms with Gasteiger partial charge in [-0.1, -0.05) is 20.4 Å². The van der Waals surface area contributed by atoms with Gasteiger partial charge >= 0.3 is 0 Å². The summed E-state index contributed by atoms with van der Waals surface area (Å²) in [6, 6.07) is 0. The summed E-state index contributed by atoms with van der Waals surface area (Å²) in [5.41, 5.74) is -3.41. The van der Waals surface area contributed by atoms with Crippen molar-refractivity contribution >= 4 is 5.78 Å². The molecule has 0 amide bonds. The number of aliphatic hydroxyl groups excluding tert-OH is 4. The zero-order valence-electron chi connectivity index (χ0n) is 15.6. The topological polar surface area (TPSA) is 127 Å². The fourth-order valence-corrected chi connectivity index (χ4v) is 7.96. The second-order valence-corrected chi connectivity index (χ2v) is 10.0. The first kappa shape index (κ1) is 18.2. The number of rotatable bonds is 0. The molecule has 150 valence electrons. The summed E-state index contributed by atoms with van der Waals surface area (Å²) in [5.74, 6) is -4.83. The van der Waals surface area contributed by atoms with Crippen LogP contribution < -0.4 is 0 Å². The summed E-state index contributed by atoms with van der Waals surface area (Å²) in [5, 5.41) is 56.2. The van der Waals surface area contributed by atoms with Gasteiger partial charge in [-0.3, -0.25) is 4.79 Å². The van der Waals surface area contributed by atoms with Gasteiger partial charge in [0.25, 0.3) is 0 Å². The molecule has 4 saturated carbocycles. The summed E-state index contributed by atoms with van der Waals surface area (Å²) >= 11 is 0. The predicted molar refractivity (Wildman–Crippen MR) is 91.8 cm³/mol. The van der Waals surface area contributed by atoms with E-state index in [4.69, 9.17) is 4.74 Å². The molecule has 6 aliphatic rings. The van der Waals surface area contributed by atoms with Crippen LogP contribution in [0, 0.1) is 34.0 Å². The molecule has 10 atom stereocenters. The Labute approximate surface area is 157 Å². The van der Waals surface area contributed by atoms with Gasteiger partial charge in [-0.25, -0.2) is 0 Å². The molecule has 5 N–H and O–H groups in total. The minimum atomic E-state index is -2.42. The largest absolute Gasteiger partial charge is 0.392 e. The Morgan fingerprint density at radius 3 is 2.41 bits per heavy atom. The average molecular weight is 380 g/mol. The Hall–Kier alpha value is -0.830. The van der Waals surface area contributed by atoms with Crippen LogP contribution in [0.5, 0.6) is 0 Å². The number of carbonyl (C=O) groups is 1. The molecule has 6 rings (SSSR count). The normalized spacial score (nSPS) is 60.9. The van der Waals surface area contributed by atoms with Crippen molar-refractivity contribution in [2.45, 2.75) is 69.9 Å². The lowest BCUT2D eigenvalue weighted by molar-refractivity contribution is -0.507. The number of ether oxygens (including phenoxy) is 1. The van der Waals surface area contributed by atoms with Crippen molar-refractivity contribution in [3.63, 3.8) is 0 Å². The number of fused-ring (bicyclic) bond motifs is 2. The number of carbonyl (C=O) groups excluding carboxylic acids is 1. The molecule has 6 fully saturated rings. The van der Waals surface area contributed by atoms with Crippen LogP contribution in [0.1, 0.15) is 39.5 Å². The maximum Gasteiger partial charge on any atom is 0.211 e. The third-order valence-corrected chi connectivity index (χ3v) is 8.93. The monoisotopic (exact) mass is 380 g/mol. The van der Waals surface area contributed by atoms with Gasteiger partial charge in [-0.05, 0) is 42.6 Å². The number of Topliss-reactive ketones (excluding diaryl/α,β-unsaturated/α-hetero) is 1. The quantitative estimate of drug-likeness (QED) is 0.365. The Bertz CT molecular complexity index is 749.